The van der Waals surface area contributed by atoms with E-state index in [-0.39, 0.29) is 12.5 Å². The highest BCUT2D eigenvalue weighted by molar-refractivity contribution is 6.06. The lowest BCUT2D eigenvalue weighted by Crippen LogP contribution is -2.29. The second-order valence-electron chi connectivity index (χ2n) is 4.79. The van der Waals surface area contributed by atoms with Crippen molar-refractivity contribution >= 4 is 22.6 Å². The molecular formula is C17H19NO4. The summed E-state index contributed by atoms with van der Waals surface area (Å²) in [4.78, 5) is 23.7. The largest absolute Gasteiger partial charge is 0.496 e. The van der Waals surface area contributed by atoms with E-state index in [1.165, 1.54) is 0 Å². The van der Waals surface area contributed by atoms with Gasteiger partial charge in [0, 0.05) is 11.9 Å². The van der Waals surface area contributed by atoms with Crippen LogP contribution in [0.4, 0.5) is 0 Å². The smallest absolute Gasteiger partial charge is 0.339 e. The number of ether oxygens (including phenoxy) is 2. The fourth-order valence-corrected chi connectivity index (χ4v) is 2.15. The van der Waals surface area contributed by atoms with Gasteiger partial charge in [-0.3, -0.25) is 4.79 Å². The third-order valence-corrected chi connectivity index (χ3v) is 3.23. The highest BCUT2D eigenvalue weighted by atomic mass is 16.5. The van der Waals surface area contributed by atoms with E-state index in [9.17, 15) is 9.59 Å². The number of esters is 1. The maximum atomic E-state index is 12.2. The zero-order valence-corrected chi connectivity index (χ0v) is 12.7. The van der Waals surface area contributed by atoms with Gasteiger partial charge in [-0.1, -0.05) is 31.2 Å². The van der Waals surface area contributed by atoms with Crippen LogP contribution in [0.1, 0.15) is 23.7 Å². The Balaban J connectivity index is 2.17. The summed E-state index contributed by atoms with van der Waals surface area (Å²) in [5.41, 5.74) is 0.416. The fourth-order valence-electron chi connectivity index (χ4n) is 2.15. The molecular weight excluding hydrogens is 282 g/mol. The Morgan fingerprint density at radius 1 is 1.09 bits per heavy atom. The van der Waals surface area contributed by atoms with Gasteiger partial charge in [0.05, 0.1) is 12.7 Å². The summed E-state index contributed by atoms with van der Waals surface area (Å²) in [6.45, 7) is 2.25. The molecule has 0 aliphatic carbocycles. The van der Waals surface area contributed by atoms with Gasteiger partial charge in [-0.2, -0.15) is 0 Å². The van der Waals surface area contributed by atoms with Crippen molar-refractivity contribution in [2.75, 3.05) is 20.3 Å². The minimum absolute atomic E-state index is 0.279. The molecule has 2 aromatic carbocycles. The van der Waals surface area contributed by atoms with Crippen molar-refractivity contribution in [1.82, 2.24) is 5.32 Å². The Morgan fingerprint density at radius 3 is 2.50 bits per heavy atom. The first-order valence-electron chi connectivity index (χ1n) is 7.17. The number of amides is 1. The van der Waals surface area contributed by atoms with Crippen LogP contribution in [0.5, 0.6) is 5.75 Å². The number of fused-ring (bicyclic) bond motifs is 1. The SMILES string of the molecule is CCCNC(=O)COC(=O)c1ccc(OC)c2ccccc12. The maximum Gasteiger partial charge on any atom is 0.339 e. The third kappa shape index (κ3) is 3.55. The standard InChI is InChI=1S/C17H19NO4/c1-3-10-18-16(19)11-22-17(20)14-8-9-15(21-2)13-7-5-4-6-12(13)14/h4-9H,3,10-11H2,1-2H3,(H,18,19). The molecule has 0 radical (unpaired) electrons. The zero-order chi connectivity index (χ0) is 15.9. The fraction of sp³-hybridized carbons (Fsp3) is 0.294. The molecule has 0 aliphatic rings. The predicted octanol–water partition coefficient (Wildman–Crippen LogP) is 2.53. The molecule has 2 rings (SSSR count). The van der Waals surface area contributed by atoms with Crippen LogP contribution in [0.2, 0.25) is 0 Å². The van der Waals surface area contributed by atoms with Crippen LogP contribution in [0.3, 0.4) is 0 Å². The van der Waals surface area contributed by atoms with E-state index in [0.717, 1.165) is 17.2 Å². The highest BCUT2D eigenvalue weighted by Gasteiger charge is 2.15. The molecule has 1 N–H and O–H groups in total. The topological polar surface area (TPSA) is 64.6 Å². The van der Waals surface area contributed by atoms with Crippen molar-refractivity contribution in [3.05, 3.63) is 42.0 Å². The van der Waals surface area contributed by atoms with E-state index in [2.05, 4.69) is 5.32 Å². The quantitative estimate of drug-likeness (QED) is 0.833. The van der Waals surface area contributed by atoms with Gasteiger partial charge in [-0.05, 0) is 23.9 Å². The molecule has 5 nitrogen and oxygen atoms in total. The average molecular weight is 301 g/mol. The lowest BCUT2D eigenvalue weighted by Gasteiger charge is -2.10. The number of methoxy groups -OCH3 is 1. The summed E-state index contributed by atoms with van der Waals surface area (Å²) in [7, 11) is 1.58. The summed E-state index contributed by atoms with van der Waals surface area (Å²) in [5.74, 6) is -0.133. The Labute approximate surface area is 129 Å². The van der Waals surface area contributed by atoms with Gasteiger partial charge in [0.2, 0.25) is 0 Å². The Kier molecular flexibility index (Phi) is 5.36. The summed E-state index contributed by atoms with van der Waals surface area (Å²) >= 11 is 0. The molecule has 0 saturated carbocycles. The van der Waals surface area contributed by atoms with Crippen molar-refractivity contribution in [1.29, 1.82) is 0 Å². The maximum absolute atomic E-state index is 12.2. The molecule has 0 fully saturated rings. The summed E-state index contributed by atoms with van der Waals surface area (Å²) in [5, 5.41) is 4.22. The van der Waals surface area contributed by atoms with E-state index < -0.39 is 5.97 Å². The second-order valence-corrected chi connectivity index (χ2v) is 4.79. The lowest BCUT2D eigenvalue weighted by atomic mass is 10.0. The molecule has 0 bridgehead atoms. The molecule has 0 spiro atoms. The monoisotopic (exact) mass is 301 g/mol. The van der Waals surface area contributed by atoms with E-state index in [1.807, 2.05) is 31.2 Å². The Hall–Kier alpha value is -2.56. The number of hydrogen-bond acceptors (Lipinski definition) is 4. The van der Waals surface area contributed by atoms with Crippen LogP contribution >= 0.6 is 0 Å². The molecule has 0 unspecified atom stereocenters. The predicted molar refractivity (Wildman–Crippen MR) is 84.1 cm³/mol. The van der Waals surface area contributed by atoms with Gasteiger partial charge in [0.1, 0.15) is 5.75 Å². The van der Waals surface area contributed by atoms with Gasteiger partial charge in [0.25, 0.3) is 5.91 Å². The average Bonchev–Trinajstić information content (AvgIpc) is 2.56. The first-order chi connectivity index (χ1) is 10.7. The third-order valence-electron chi connectivity index (χ3n) is 3.23. The second kappa shape index (κ2) is 7.45. The van der Waals surface area contributed by atoms with Crippen molar-refractivity contribution in [3.63, 3.8) is 0 Å². The van der Waals surface area contributed by atoms with Gasteiger partial charge >= 0.3 is 5.97 Å². The highest BCUT2D eigenvalue weighted by Crippen LogP contribution is 2.28. The molecule has 2 aromatic rings. The summed E-state index contributed by atoms with van der Waals surface area (Å²) in [6, 6.07) is 10.8. The normalized spacial score (nSPS) is 10.3. The van der Waals surface area contributed by atoms with Crippen molar-refractivity contribution in [2.45, 2.75) is 13.3 Å². The van der Waals surface area contributed by atoms with Crippen LogP contribution < -0.4 is 10.1 Å². The minimum atomic E-state index is -0.523. The van der Waals surface area contributed by atoms with E-state index in [1.54, 1.807) is 19.2 Å². The van der Waals surface area contributed by atoms with Gasteiger partial charge in [-0.25, -0.2) is 4.79 Å². The van der Waals surface area contributed by atoms with E-state index in [4.69, 9.17) is 9.47 Å². The van der Waals surface area contributed by atoms with Crippen LogP contribution in [0.15, 0.2) is 36.4 Å². The summed E-state index contributed by atoms with van der Waals surface area (Å²) in [6.07, 6.45) is 0.836. The minimum Gasteiger partial charge on any atom is -0.496 e. The lowest BCUT2D eigenvalue weighted by molar-refractivity contribution is -0.124. The summed E-state index contributed by atoms with van der Waals surface area (Å²) < 4.78 is 10.4. The number of nitrogens with one attached hydrogen (secondary N) is 1. The molecule has 0 atom stereocenters. The van der Waals surface area contributed by atoms with Gasteiger partial charge < -0.3 is 14.8 Å². The first kappa shape index (κ1) is 15.8. The number of carbonyl (C=O) groups is 2. The molecule has 0 aromatic heterocycles. The van der Waals surface area contributed by atoms with Crippen LogP contribution in [-0.4, -0.2) is 32.1 Å². The number of benzene rings is 2. The van der Waals surface area contributed by atoms with Crippen molar-refractivity contribution < 1.29 is 19.1 Å². The van der Waals surface area contributed by atoms with E-state index in [0.29, 0.717) is 17.9 Å². The molecule has 0 aliphatic heterocycles. The van der Waals surface area contributed by atoms with Gasteiger partial charge in [-0.15, -0.1) is 0 Å². The molecule has 1 amide bonds. The Morgan fingerprint density at radius 2 is 1.82 bits per heavy atom. The number of hydrogen-bond donors (Lipinski definition) is 1. The first-order valence-corrected chi connectivity index (χ1v) is 7.17. The van der Waals surface area contributed by atoms with Crippen molar-refractivity contribution in [3.8, 4) is 5.75 Å². The molecule has 0 heterocycles. The number of rotatable bonds is 6. The molecule has 116 valence electrons. The molecule has 5 heteroatoms. The number of carbonyl (C=O) groups excluding carboxylic acids is 2. The zero-order valence-electron chi connectivity index (χ0n) is 12.7. The Bertz CT molecular complexity index is 681. The van der Waals surface area contributed by atoms with Crippen LogP contribution in [0, 0.1) is 0 Å². The van der Waals surface area contributed by atoms with Crippen molar-refractivity contribution in [2.24, 2.45) is 0 Å². The molecule has 0 saturated heterocycles. The van der Waals surface area contributed by atoms with Crippen LogP contribution in [0.25, 0.3) is 10.8 Å². The van der Waals surface area contributed by atoms with Crippen LogP contribution in [-0.2, 0) is 9.53 Å². The van der Waals surface area contributed by atoms with E-state index >= 15 is 0 Å². The van der Waals surface area contributed by atoms with Gasteiger partial charge in [0.15, 0.2) is 6.61 Å². The molecule has 22 heavy (non-hydrogen) atoms.